The number of unbranched alkanes of at least 4 members (excludes halogenated alkanes) is 1. The number of hydrogen-bond acceptors (Lipinski definition) is 3. The van der Waals surface area contributed by atoms with E-state index < -0.39 is 0 Å². The van der Waals surface area contributed by atoms with Crippen molar-refractivity contribution < 1.29 is 9.53 Å². The summed E-state index contributed by atoms with van der Waals surface area (Å²) >= 11 is 11.7. The predicted octanol–water partition coefficient (Wildman–Crippen LogP) is 7.10. The second-order valence-electron chi connectivity index (χ2n) is 8.40. The monoisotopic (exact) mass is 411 g/mol. The summed E-state index contributed by atoms with van der Waals surface area (Å²) in [6.07, 6.45) is 15.4. The van der Waals surface area contributed by atoms with Gasteiger partial charge in [-0.1, -0.05) is 62.2 Å². The number of hydrogen-bond donors (Lipinski definition) is 0. The van der Waals surface area contributed by atoms with E-state index in [-0.39, 0.29) is 17.0 Å². The molecule has 1 aromatic heterocycles. The first-order chi connectivity index (χ1) is 13.1. The number of nitrogens with zero attached hydrogens (tertiary/aromatic N) is 1. The van der Waals surface area contributed by atoms with Gasteiger partial charge < -0.3 is 4.74 Å². The fraction of sp³-hybridized carbons (Fsp3) is 0.727. The first kappa shape index (κ1) is 20.9. The number of aromatic nitrogens is 1. The van der Waals surface area contributed by atoms with Gasteiger partial charge in [-0.3, -0.25) is 4.79 Å². The van der Waals surface area contributed by atoms with Crippen molar-refractivity contribution in [2.24, 2.45) is 23.7 Å². The summed E-state index contributed by atoms with van der Waals surface area (Å²) in [5.74, 6) is 2.86. The van der Waals surface area contributed by atoms with Crippen LogP contribution in [0.4, 0.5) is 0 Å². The molecule has 3 nitrogen and oxygen atoms in total. The summed E-state index contributed by atoms with van der Waals surface area (Å²) < 4.78 is 5.48. The van der Waals surface area contributed by atoms with E-state index in [1.165, 1.54) is 51.1 Å². The SMILES string of the molecule is CCCCC1CCC(C2CCC(C(=O)Oc3cnc(Cl)c(Cl)c3)CC2)CC1. The summed E-state index contributed by atoms with van der Waals surface area (Å²) in [6, 6.07) is 1.55. The number of rotatable bonds is 6. The Hall–Kier alpha value is -0.800. The van der Waals surface area contributed by atoms with Crippen LogP contribution >= 0.6 is 23.2 Å². The Morgan fingerprint density at radius 1 is 1.07 bits per heavy atom. The lowest BCUT2D eigenvalue weighted by Crippen LogP contribution is -2.30. The van der Waals surface area contributed by atoms with Gasteiger partial charge in [0.05, 0.1) is 17.1 Å². The number of carbonyl (C=O) groups is 1. The molecule has 0 aliphatic heterocycles. The summed E-state index contributed by atoms with van der Waals surface area (Å²) in [5.41, 5.74) is 0. The molecule has 0 N–H and O–H groups in total. The van der Waals surface area contributed by atoms with Gasteiger partial charge in [0.2, 0.25) is 0 Å². The lowest BCUT2D eigenvalue weighted by Gasteiger charge is -2.37. The molecule has 3 rings (SSSR count). The van der Waals surface area contributed by atoms with Crippen LogP contribution in [0.1, 0.15) is 77.6 Å². The van der Waals surface area contributed by atoms with E-state index in [0.29, 0.717) is 10.8 Å². The highest BCUT2D eigenvalue weighted by atomic mass is 35.5. The summed E-state index contributed by atoms with van der Waals surface area (Å²) in [4.78, 5) is 16.4. The Labute approximate surface area is 173 Å². The molecular formula is C22H31Cl2NO2. The van der Waals surface area contributed by atoms with Crippen molar-refractivity contribution in [1.82, 2.24) is 4.98 Å². The van der Waals surface area contributed by atoms with E-state index in [1.54, 1.807) is 6.07 Å². The number of halogens is 2. The molecule has 2 fully saturated rings. The fourth-order valence-electron chi connectivity index (χ4n) is 4.93. The number of ether oxygens (including phenoxy) is 1. The highest BCUT2D eigenvalue weighted by molar-refractivity contribution is 6.41. The van der Waals surface area contributed by atoms with Gasteiger partial charge in [0.1, 0.15) is 5.15 Å². The predicted molar refractivity (Wildman–Crippen MR) is 110 cm³/mol. The van der Waals surface area contributed by atoms with Crippen molar-refractivity contribution in [2.75, 3.05) is 0 Å². The molecule has 0 aromatic carbocycles. The van der Waals surface area contributed by atoms with Crippen LogP contribution in [0.5, 0.6) is 5.75 Å². The molecule has 2 saturated carbocycles. The Balaban J connectivity index is 1.42. The highest BCUT2D eigenvalue weighted by Gasteiger charge is 2.33. The number of esters is 1. The topological polar surface area (TPSA) is 39.2 Å². The molecule has 0 saturated heterocycles. The summed E-state index contributed by atoms with van der Waals surface area (Å²) in [7, 11) is 0. The van der Waals surface area contributed by atoms with Crippen LogP contribution in [0.15, 0.2) is 12.3 Å². The average Bonchev–Trinajstić information content (AvgIpc) is 2.70. The smallest absolute Gasteiger partial charge is 0.314 e. The number of carbonyl (C=O) groups excluding carboxylic acids is 1. The van der Waals surface area contributed by atoms with E-state index >= 15 is 0 Å². The quantitative estimate of drug-likeness (QED) is 0.370. The molecule has 0 spiro atoms. The average molecular weight is 412 g/mol. The van der Waals surface area contributed by atoms with Crippen LogP contribution in [0.3, 0.4) is 0 Å². The second kappa shape index (κ2) is 10.1. The van der Waals surface area contributed by atoms with E-state index in [1.807, 2.05) is 0 Å². The Morgan fingerprint density at radius 2 is 1.70 bits per heavy atom. The van der Waals surface area contributed by atoms with E-state index in [4.69, 9.17) is 27.9 Å². The Morgan fingerprint density at radius 3 is 2.30 bits per heavy atom. The molecule has 0 unspecified atom stereocenters. The maximum Gasteiger partial charge on any atom is 0.314 e. The molecular weight excluding hydrogens is 381 g/mol. The van der Waals surface area contributed by atoms with Gasteiger partial charge in [0.15, 0.2) is 5.75 Å². The van der Waals surface area contributed by atoms with Crippen LogP contribution in [-0.2, 0) is 4.79 Å². The minimum Gasteiger partial charge on any atom is -0.425 e. The van der Waals surface area contributed by atoms with Gasteiger partial charge in [0, 0.05) is 6.07 Å². The molecule has 150 valence electrons. The lowest BCUT2D eigenvalue weighted by molar-refractivity contribution is -0.140. The van der Waals surface area contributed by atoms with Crippen molar-refractivity contribution in [2.45, 2.75) is 77.6 Å². The van der Waals surface area contributed by atoms with Crippen LogP contribution in [0.25, 0.3) is 0 Å². The molecule has 2 aliphatic carbocycles. The van der Waals surface area contributed by atoms with Crippen molar-refractivity contribution in [3.8, 4) is 5.75 Å². The van der Waals surface area contributed by atoms with Crippen LogP contribution in [0.2, 0.25) is 10.2 Å². The van der Waals surface area contributed by atoms with E-state index in [0.717, 1.165) is 43.4 Å². The lowest BCUT2D eigenvalue weighted by atomic mass is 9.68. The fourth-order valence-corrected chi connectivity index (χ4v) is 5.19. The van der Waals surface area contributed by atoms with Crippen molar-refractivity contribution >= 4 is 29.2 Å². The summed E-state index contributed by atoms with van der Waals surface area (Å²) in [5, 5.41) is 0.529. The molecule has 0 radical (unpaired) electrons. The molecule has 27 heavy (non-hydrogen) atoms. The highest BCUT2D eigenvalue weighted by Crippen LogP contribution is 2.42. The Kier molecular flexibility index (Phi) is 7.84. The largest absolute Gasteiger partial charge is 0.425 e. The molecule has 2 aliphatic rings. The minimum atomic E-state index is -0.156. The normalized spacial score (nSPS) is 28.7. The molecule has 0 amide bonds. The first-order valence-electron chi connectivity index (χ1n) is 10.6. The van der Waals surface area contributed by atoms with E-state index in [2.05, 4.69) is 11.9 Å². The minimum absolute atomic E-state index is 0.00315. The molecule has 0 atom stereocenters. The van der Waals surface area contributed by atoms with Crippen LogP contribution in [-0.4, -0.2) is 11.0 Å². The van der Waals surface area contributed by atoms with Crippen LogP contribution in [0, 0.1) is 23.7 Å². The van der Waals surface area contributed by atoms with Gasteiger partial charge in [-0.15, -0.1) is 0 Å². The van der Waals surface area contributed by atoms with Crippen molar-refractivity contribution in [3.05, 3.63) is 22.4 Å². The van der Waals surface area contributed by atoms with Gasteiger partial charge in [-0.25, -0.2) is 4.98 Å². The molecule has 5 heteroatoms. The van der Waals surface area contributed by atoms with Gasteiger partial charge in [0.25, 0.3) is 0 Å². The third-order valence-corrected chi connectivity index (χ3v) is 7.30. The third kappa shape index (κ3) is 5.84. The standard InChI is InChI=1S/C22H31Cl2NO2/c1-2-3-4-15-5-7-16(8-6-15)17-9-11-18(12-10-17)22(26)27-19-13-20(23)21(24)25-14-19/h13-18H,2-12H2,1H3. The second-order valence-corrected chi connectivity index (χ2v) is 9.16. The van der Waals surface area contributed by atoms with Gasteiger partial charge >= 0.3 is 5.97 Å². The van der Waals surface area contributed by atoms with Crippen LogP contribution < -0.4 is 4.74 Å². The molecule has 1 aromatic rings. The Bertz CT molecular complexity index is 621. The number of pyridine rings is 1. The summed E-state index contributed by atoms with van der Waals surface area (Å²) in [6.45, 7) is 2.28. The molecule has 1 heterocycles. The van der Waals surface area contributed by atoms with Crippen molar-refractivity contribution in [1.29, 1.82) is 0 Å². The third-order valence-electron chi connectivity index (χ3n) is 6.62. The van der Waals surface area contributed by atoms with E-state index in [9.17, 15) is 4.79 Å². The van der Waals surface area contributed by atoms with Gasteiger partial charge in [-0.05, 0) is 56.3 Å². The zero-order valence-electron chi connectivity index (χ0n) is 16.3. The zero-order chi connectivity index (χ0) is 19.2. The van der Waals surface area contributed by atoms with Crippen molar-refractivity contribution in [3.63, 3.8) is 0 Å². The maximum absolute atomic E-state index is 12.5. The molecule has 0 bridgehead atoms. The zero-order valence-corrected chi connectivity index (χ0v) is 17.8. The first-order valence-corrected chi connectivity index (χ1v) is 11.3. The van der Waals surface area contributed by atoms with Gasteiger partial charge in [-0.2, -0.15) is 0 Å². The maximum atomic E-state index is 12.5.